The molecule has 0 aliphatic rings. The first-order chi connectivity index (χ1) is 9.45. The molecule has 1 amide bonds. The number of rotatable bonds is 4. The van der Waals surface area contributed by atoms with Crippen LogP contribution in [0.1, 0.15) is 29.2 Å². The Bertz CT molecular complexity index is 627. The number of hydrogen-bond donors (Lipinski definition) is 2. The molecule has 0 saturated heterocycles. The average molecular weight is 294 g/mol. The van der Waals surface area contributed by atoms with E-state index in [1.54, 1.807) is 0 Å². The number of hydrogen-bond acceptors (Lipinski definition) is 5. The second-order valence-corrected chi connectivity index (χ2v) is 5.85. The van der Waals surface area contributed by atoms with E-state index in [0.29, 0.717) is 11.0 Å². The van der Waals surface area contributed by atoms with Crippen molar-refractivity contribution in [3.8, 4) is 0 Å². The molecular formula is C13H15FN4OS. The van der Waals surface area contributed by atoms with Crippen LogP contribution < -0.4 is 11.1 Å². The van der Waals surface area contributed by atoms with Crippen LogP contribution in [0, 0.1) is 11.7 Å². The maximum absolute atomic E-state index is 13.6. The first kappa shape index (κ1) is 14.4. The van der Waals surface area contributed by atoms with E-state index >= 15 is 0 Å². The number of amides is 1. The third kappa shape index (κ3) is 3.51. The van der Waals surface area contributed by atoms with Gasteiger partial charge >= 0.3 is 0 Å². The summed E-state index contributed by atoms with van der Waals surface area (Å²) < 4.78 is 13.6. The average Bonchev–Trinajstić information content (AvgIpc) is 2.75. The number of nitrogen functional groups attached to an aromatic ring is 1. The van der Waals surface area contributed by atoms with E-state index < -0.39 is 11.7 Å². The normalized spacial score (nSPS) is 10.8. The molecule has 0 spiro atoms. The number of aromatic nitrogens is 2. The Labute approximate surface area is 120 Å². The minimum Gasteiger partial charge on any atom is -0.399 e. The van der Waals surface area contributed by atoms with Crippen LogP contribution in [-0.4, -0.2) is 16.1 Å². The van der Waals surface area contributed by atoms with Crippen molar-refractivity contribution in [1.29, 1.82) is 0 Å². The maximum atomic E-state index is 13.6. The summed E-state index contributed by atoms with van der Waals surface area (Å²) in [6.45, 7) is 4.15. The summed E-state index contributed by atoms with van der Waals surface area (Å²) in [5, 5.41) is 11.6. The van der Waals surface area contributed by atoms with Crippen molar-refractivity contribution in [2.24, 2.45) is 5.92 Å². The van der Waals surface area contributed by atoms with E-state index in [0.717, 1.165) is 17.5 Å². The lowest BCUT2D eigenvalue weighted by atomic mass is 10.1. The molecule has 0 unspecified atom stereocenters. The van der Waals surface area contributed by atoms with E-state index in [1.165, 1.54) is 23.5 Å². The molecular weight excluding hydrogens is 279 g/mol. The molecule has 1 aromatic heterocycles. The Balaban J connectivity index is 2.09. The van der Waals surface area contributed by atoms with Gasteiger partial charge < -0.3 is 5.73 Å². The second-order valence-electron chi connectivity index (χ2n) is 4.79. The summed E-state index contributed by atoms with van der Waals surface area (Å²) in [4.78, 5) is 11.9. The number of carbonyl (C=O) groups is 1. The number of nitrogens with zero attached hydrogens (tertiary/aromatic N) is 2. The topological polar surface area (TPSA) is 80.9 Å². The molecule has 2 rings (SSSR count). The van der Waals surface area contributed by atoms with E-state index in [-0.39, 0.29) is 11.3 Å². The highest BCUT2D eigenvalue weighted by Crippen LogP contribution is 2.20. The highest BCUT2D eigenvalue weighted by molar-refractivity contribution is 7.15. The molecule has 0 aliphatic carbocycles. The molecule has 106 valence electrons. The minimum absolute atomic E-state index is 0.0696. The fourth-order valence-corrected chi connectivity index (χ4v) is 2.56. The lowest BCUT2D eigenvalue weighted by Crippen LogP contribution is -2.13. The molecule has 7 heteroatoms. The zero-order valence-electron chi connectivity index (χ0n) is 11.2. The number of halogens is 1. The van der Waals surface area contributed by atoms with Gasteiger partial charge in [0.15, 0.2) is 0 Å². The Kier molecular flexibility index (Phi) is 4.29. The molecule has 0 radical (unpaired) electrons. The minimum atomic E-state index is -0.658. The smallest absolute Gasteiger partial charge is 0.260 e. The summed E-state index contributed by atoms with van der Waals surface area (Å²) in [5.74, 6) is -0.759. The Hall–Kier alpha value is -2.02. The third-order valence-electron chi connectivity index (χ3n) is 2.51. The van der Waals surface area contributed by atoms with Gasteiger partial charge in [-0.05, 0) is 24.1 Å². The lowest BCUT2D eigenvalue weighted by molar-refractivity contribution is 0.102. The van der Waals surface area contributed by atoms with Crippen molar-refractivity contribution >= 4 is 28.1 Å². The molecule has 0 atom stereocenters. The Morgan fingerprint density at radius 3 is 2.85 bits per heavy atom. The van der Waals surface area contributed by atoms with Crippen molar-refractivity contribution < 1.29 is 9.18 Å². The van der Waals surface area contributed by atoms with Gasteiger partial charge in [-0.25, -0.2) is 4.39 Å². The summed E-state index contributed by atoms with van der Waals surface area (Å²) in [5.41, 5.74) is 5.64. The van der Waals surface area contributed by atoms with Gasteiger partial charge in [0.1, 0.15) is 10.8 Å². The van der Waals surface area contributed by atoms with Gasteiger partial charge in [-0.2, -0.15) is 0 Å². The summed E-state index contributed by atoms with van der Waals surface area (Å²) in [6, 6.07) is 3.93. The van der Waals surface area contributed by atoms with Crippen LogP contribution in [0.4, 0.5) is 15.2 Å². The van der Waals surface area contributed by atoms with Crippen molar-refractivity contribution in [1.82, 2.24) is 10.2 Å². The van der Waals surface area contributed by atoms with Gasteiger partial charge in [-0.15, -0.1) is 10.2 Å². The van der Waals surface area contributed by atoms with E-state index in [2.05, 4.69) is 29.4 Å². The highest BCUT2D eigenvalue weighted by atomic mass is 32.1. The summed E-state index contributed by atoms with van der Waals surface area (Å²) >= 11 is 1.29. The van der Waals surface area contributed by atoms with Crippen LogP contribution in [-0.2, 0) is 6.42 Å². The van der Waals surface area contributed by atoms with Crippen LogP contribution in [0.25, 0.3) is 0 Å². The number of benzene rings is 1. The summed E-state index contributed by atoms with van der Waals surface area (Å²) in [6.07, 6.45) is 0.795. The van der Waals surface area contributed by atoms with Crippen molar-refractivity contribution in [3.63, 3.8) is 0 Å². The number of anilines is 2. The van der Waals surface area contributed by atoms with Gasteiger partial charge in [-0.1, -0.05) is 25.2 Å². The highest BCUT2D eigenvalue weighted by Gasteiger charge is 2.14. The van der Waals surface area contributed by atoms with E-state index in [4.69, 9.17) is 5.73 Å². The van der Waals surface area contributed by atoms with Gasteiger partial charge in [0.05, 0.1) is 5.56 Å². The Morgan fingerprint density at radius 2 is 2.20 bits per heavy atom. The molecule has 20 heavy (non-hydrogen) atoms. The van der Waals surface area contributed by atoms with Gasteiger partial charge in [0, 0.05) is 12.1 Å². The van der Waals surface area contributed by atoms with Crippen LogP contribution in [0.3, 0.4) is 0 Å². The van der Waals surface area contributed by atoms with Gasteiger partial charge in [0.25, 0.3) is 5.91 Å². The monoisotopic (exact) mass is 294 g/mol. The molecule has 0 bridgehead atoms. The predicted octanol–water partition coefficient (Wildman–Crippen LogP) is 2.71. The number of nitrogens with one attached hydrogen (secondary N) is 1. The standard InChI is InChI=1S/C13H15FN4OS/c1-7(2)5-11-17-18-13(20-11)16-12(19)9-4-3-8(15)6-10(9)14/h3-4,6-7H,5,15H2,1-2H3,(H,16,18,19). The number of carbonyl (C=O) groups excluding carboxylic acids is 1. The quantitative estimate of drug-likeness (QED) is 0.850. The molecule has 5 nitrogen and oxygen atoms in total. The van der Waals surface area contributed by atoms with Crippen LogP contribution in [0.5, 0.6) is 0 Å². The first-order valence-electron chi connectivity index (χ1n) is 6.14. The van der Waals surface area contributed by atoms with Gasteiger partial charge in [0.2, 0.25) is 5.13 Å². The predicted molar refractivity (Wildman–Crippen MR) is 77.2 cm³/mol. The molecule has 2 aromatic rings. The fourth-order valence-electron chi connectivity index (χ4n) is 1.62. The summed E-state index contributed by atoms with van der Waals surface area (Å²) in [7, 11) is 0. The largest absolute Gasteiger partial charge is 0.399 e. The lowest BCUT2D eigenvalue weighted by Gasteiger charge is -2.03. The SMILES string of the molecule is CC(C)Cc1nnc(NC(=O)c2ccc(N)cc2F)s1. The molecule has 1 heterocycles. The molecule has 0 aliphatic heterocycles. The zero-order chi connectivity index (χ0) is 14.7. The maximum Gasteiger partial charge on any atom is 0.260 e. The Morgan fingerprint density at radius 1 is 1.45 bits per heavy atom. The third-order valence-corrected chi connectivity index (χ3v) is 3.37. The number of nitrogens with two attached hydrogens (primary N) is 1. The van der Waals surface area contributed by atoms with Crippen LogP contribution in [0.2, 0.25) is 0 Å². The molecule has 0 saturated carbocycles. The van der Waals surface area contributed by atoms with Crippen LogP contribution in [0.15, 0.2) is 18.2 Å². The fraction of sp³-hybridized carbons (Fsp3) is 0.308. The molecule has 0 fully saturated rings. The van der Waals surface area contributed by atoms with Crippen molar-refractivity contribution in [2.45, 2.75) is 20.3 Å². The van der Waals surface area contributed by atoms with E-state index in [1.807, 2.05) is 0 Å². The van der Waals surface area contributed by atoms with Gasteiger partial charge in [-0.3, -0.25) is 10.1 Å². The first-order valence-corrected chi connectivity index (χ1v) is 6.96. The van der Waals surface area contributed by atoms with E-state index in [9.17, 15) is 9.18 Å². The second kappa shape index (κ2) is 5.96. The molecule has 1 aromatic carbocycles. The van der Waals surface area contributed by atoms with Crippen molar-refractivity contribution in [3.05, 3.63) is 34.6 Å². The molecule has 3 N–H and O–H groups in total. The van der Waals surface area contributed by atoms with Crippen LogP contribution >= 0.6 is 11.3 Å². The van der Waals surface area contributed by atoms with Crippen molar-refractivity contribution in [2.75, 3.05) is 11.1 Å². The zero-order valence-corrected chi connectivity index (χ0v) is 12.0.